The Morgan fingerprint density at radius 1 is 0.750 bits per heavy atom. The van der Waals surface area contributed by atoms with Crippen LogP contribution in [0.15, 0.2) is 11.6 Å². The Morgan fingerprint density at radius 3 is 2.02 bits per heavy atom. The lowest BCUT2D eigenvalue weighted by Gasteiger charge is -2.71. The topological polar surface area (TPSA) is 236 Å². The molecule has 6 fully saturated rings. The summed E-state index contributed by atoms with van der Waals surface area (Å²) in [6, 6.07) is 0. The minimum absolute atomic E-state index is 0.0138. The number of aliphatic hydroxyl groups excluding tert-OH is 8. The lowest BCUT2D eigenvalue weighted by molar-refractivity contribution is -0.347. The van der Waals surface area contributed by atoms with Gasteiger partial charge in [-0.3, -0.25) is 4.79 Å². The summed E-state index contributed by atoms with van der Waals surface area (Å²) in [5.41, 5.74) is -0.474. The third kappa shape index (κ3) is 6.29. The molecule has 2 saturated heterocycles. The summed E-state index contributed by atoms with van der Waals surface area (Å²) in [6.07, 6.45) is -5.44. The summed E-state index contributed by atoms with van der Waals surface area (Å²) in [5.74, 6) is -0.324. The maximum atomic E-state index is 13.0. The van der Waals surface area contributed by atoms with Gasteiger partial charge in [-0.15, -0.1) is 0 Å². The van der Waals surface area contributed by atoms with Crippen molar-refractivity contribution in [2.75, 3.05) is 19.8 Å². The lowest BCUT2D eigenvalue weighted by atomic mass is 9.33. The number of hydrogen-bond acceptors (Lipinski definition) is 13. The van der Waals surface area contributed by atoms with Crippen LogP contribution in [0.5, 0.6) is 0 Å². The monoisotopic (exact) mass is 796 g/mol. The predicted molar refractivity (Wildman–Crippen MR) is 199 cm³/mol. The molecule has 19 atom stereocenters. The molecule has 1 unspecified atom stereocenters. The molecule has 0 spiro atoms. The quantitative estimate of drug-likeness (QED) is 0.126. The zero-order valence-electron chi connectivity index (χ0n) is 33.9. The van der Waals surface area contributed by atoms with Crippen molar-refractivity contribution >= 4 is 5.97 Å². The fourth-order valence-electron chi connectivity index (χ4n) is 13.6. The van der Waals surface area contributed by atoms with Crippen molar-refractivity contribution in [3.8, 4) is 0 Å². The first kappa shape index (κ1) is 42.8. The van der Waals surface area contributed by atoms with Gasteiger partial charge in [-0.05, 0) is 104 Å². The summed E-state index contributed by atoms with van der Waals surface area (Å²) in [5, 5.41) is 95.1. The Kier molecular flexibility index (Phi) is 11.3. The van der Waals surface area contributed by atoms with Gasteiger partial charge < -0.3 is 64.9 Å². The largest absolute Gasteiger partial charge is 0.481 e. The third-order valence-corrected chi connectivity index (χ3v) is 17.4. The van der Waals surface area contributed by atoms with Crippen molar-refractivity contribution in [1.82, 2.24) is 0 Å². The summed E-state index contributed by atoms with van der Waals surface area (Å²) in [7, 11) is 0. The Bertz CT molecular complexity index is 1500. The minimum Gasteiger partial charge on any atom is -0.481 e. The van der Waals surface area contributed by atoms with E-state index in [1.165, 1.54) is 5.57 Å². The van der Waals surface area contributed by atoms with Gasteiger partial charge in [0, 0.05) is 5.41 Å². The number of aliphatic carboxylic acids is 1. The van der Waals surface area contributed by atoms with E-state index in [0.29, 0.717) is 19.3 Å². The van der Waals surface area contributed by atoms with Crippen LogP contribution < -0.4 is 0 Å². The zero-order valence-corrected chi connectivity index (χ0v) is 33.9. The van der Waals surface area contributed by atoms with Gasteiger partial charge in [-0.1, -0.05) is 53.2 Å². The molecule has 14 heteroatoms. The minimum atomic E-state index is -1.68. The fraction of sp³-hybridized carbons (Fsp3) is 0.929. The molecule has 5 aliphatic carbocycles. The molecule has 4 saturated carbocycles. The third-order valence-electron chi connectivity index (χ3n) is 17.4. The normalized spacial score (nSPS) is 54.1. The maximum absolute atomic E-state index is 13.0. The average molecular weight is 797 g/mol. The van der Waals surface area contributed by atoms with Gasteiger partial charge in [0.25, 0.3) is 0 Å². The van der Waals surface area contributed by atoms with Gasteiger partial charge in [0.2, 0.25) is 0 Å². The van der Waals surface area contributed by atoms with E-state index in [-0.39, 0.29) is 46.0 Å². The second-order valence-electron chi connectivity index (χ2n) is 20.5. The molecule has 9 N–H and O–H groups in total. The molecule has 14 nitrogen and oxygen atoms in total. The molecule has 320 valence electrons. The van der Waals surface area contributed by atoms with E-state index >= 15 is 0 Å². The van der Waals surface area contributed by atoms with Gasteiger partial charge in [-0.2, -0.15) is 0 Å². The van der Waals surface area contributed by atoms with Crippen LogP contribution >= 0.6 is 0 Å². The SMILES string of the molecule is CC1(C)CC[C@]2(C(=O)O)CC[C@]3(C)C(=CC[C@@H]4[C@@]5(C)CC[C@H](O[C@@H]6O[C@H](CO[C@H]7O[C@H](CO)[C@@H](O)[C@H](O)[C@H]7O)[C@@H](O)[C@H](O)[C@H]6O)[C@@](C)(CO)C5CC[C@]43C)[C@@H]2C1. The van der Waals surface area contributed by atoms with Gasteiger partial charge in [0.1, 0.15) is 48.8 Å². The number of carbonyl (C=O) groups is 1. The molecule has 0 radical (unpaired) electrons. The van der Waals surface area contributed by atoms with E-state index in [4.69, 9.17) is 18.9 Å². The first-order valence-corrected chi connectivity index (χ1v) is 21.0. The number of ether oxygens (including phenoxy) is 4. The Hall–Kier alpha value is -1.27. The van der Waals surface area contributed by atoms with Gasteiger partial charge in [-0.25, -0.2) is 0 Å². The fourth-order valence-corrected chi connectivity index (χ4v) is 13.6. The van der Waals surface area contributed by atoms with Crippen molar-refractivity contribution in [3.05, 3.63) is 11.6 Å². The van der Waals surface area contributed by atoms with Crippen LogP contribution in [0.25, 0.3) is 0 Å². The molecule has 7 rings (SSSR count). The zero-order chi connectivity index (χ0) is 41.0. The van der Waals surface area contributed by atoms with Crippen LogP contribution in [0.4, 0.5) is 0 Å². The van der Waals surface area contributed by atoms with E-state index in [1.54, 1.807) is 0 Å². The first-order chi connectivity index (χ1) is 26.1. The van der Waals surface area contributed by atoms with Crippen LogP contribution in [-0.4, -0.2) is 139 Å². The molecule has 0 aromatic heterocycles. The highest BCUT2D eigenvalue weighted by Crippen LogP contribution is 2.76. The molecule has 2 aliphatic heterocycles. The van der Waals surface area contributed by atoms with Gasteiger partial charge >= 0.3 is 5.97 Å². The number of allylic oxidation sites excluding steroid dienone is 2. The Morgan fingerprint density at radius 2 is 1.38 bits per heavy atom. The molecular weight excluding hydrogens is 728 g/mol. The molecule has 2 heterocycles. The molecule has 0 aromatic rings. The number of rotatable bonds is 8. The summed E-state index contributed by atoms with van der Waals surface area (Å²) >= 11 is 0. The van der Waals surface area contributed by atoms with E-state index in [1.807, 2.05) is 6.92 Å². The van der Waals surface area contributed by atoms with Gasteiger partial charge in [0.15, 0.2) is 12.6 Å². The van der Waals surface area contributed by atoms with Crippen LogP contribution in [0.3, 0.4) is 0 Å². The second kappa shape index (κ2) is 14.7. The second-order valence-corrected chi connectivity index (χ2v) is 20.5. The van der Waals surface area contributed by atoms with E-state index in [9.17, 15) is 50.8 Å². The Balaban J connectivity index is 1.10. The summed E-state index contributed by atoms with van der Waals surface area (Å²) < 4.78 is 23.6. The van der Waals surface area contributed by atoms with Crippen LogP contribution in [0.2, 0.25) is 0 Å². The maximum Gasteiger partial charge on any atom is 0.310 e. The van der Waals surface area contributed by atoms with Gasteiger partial charge in [0.05, 0.1) is 31.3 Å². The van der Waals surface area contributed by atoms with Crippen LogP contribution in [-0.2, 0) is 23.7 Å². The smallest absolute Gasteiger partial charge is 0.310 e. The highest BCUT2D eigenvalue weighted by atomic mass is 16.7. The first-order valence-electron chi connectivity index (χ1n) is 21.0. The molecule has 7 aliphatic rings. The summed E-state index contributed by atoms with van der Waals surface area (Å²) in [6.45, 7) is 12.5. The van der Waals surface area contributed by atoms with Crippen molar-refractivity contribution in [1.29, 1.82) is 0 Å². The molecular formula is C42H68O14. The standard InChI is InChI=1S/C42H68O14/c1-37(2)13-15-42(36(51)52)16-14-40(5)21(22(42)17-37)7-8-26-38(3)11-10-27(39(4,20-44)25(38)9-12-41(26,40)6)56-35-33(50)31(48)29(46)24(55-35)19-53-34-32(49)30(47)28(45)23(18-43)54-34/h7,22-35,43-50H,8-20H2,1-6H3,(H,51,52)/t22-,23+,24+,25?,26+,27-,28+,29+,30-,31-,32+,33+,34-,35-,38-,39-,40+,41+,42-/m0/s1. The molecule has 0 amide bonds. The number of aliphatic hydroxyl groups is 8. The highest BCUT2D eigenvalue weighted by Gasteiger charge is 2.70. The number of carboxylic acid groups (broad SMARTS) is 1. The van der Waals surface area contributed by atoms with E-state index in [2.05, 4.69) is 40.7 Å². The van der Waals surface area contributed by atoms with Crippen molar-refractivity contribution in [2.45, 2.75) is 173 Å². The lowest BCUT2D eigenvalue weighted by Crippen LogP contribution is -2.67. The van der Waals surface area contributed by atoms with Crippen molar-refractivity contribution < 1.29 is 69.7 Å². The average Bonchev–Trinajstić information content (AvgIpc) is 3.15. The summed E-state index contributed by atoms with van der Waals surface area (Å²) in [4.78, 5) is 13.0. The van der Waals surface area contributed by atoms with E-state index in [0.717, 1.165) is 44.9 Å². The molecule has 0 bridgehead atoms. The number of hydrogen-bond donors (Lipinski definition) is 9. The van der Waals surface area contributed by atoms with Crippen LogP contribution in [0, 0.1) is 50.2 Å². The molecule has 56 heavy (non-hydrogen) atoms. The van der Waals surface area contributed by atoms with Crippen molar-refractivity contribution in [3.63, 3.8) is 0 Å². The number of fused-ring (bicyclic) bond motifs is 7. The predicted octanol–water partition coefficient (Wildman–Crippen LogP) is 1.85. The van der Waals surface area contributed by atoms with E-state index < -0.39 is 97.5 Å². The highest BCUT2D eigenvalue weighted by molar-refractivity contribution is 5.76. The number of carboxylic acids is 1. The Labute approximate surface area is 330 Å². The van der Waals surface area contributed by atoms with Crippen LogP contribution in [0.1, 0.15) is 106 Å². The molecule has 0 aromatic carbocycles. The van der Waals surface area contributed by atoms with Crippen molar-refractivity contribution in [2.24, 2.45) is 50.2 Å².